The van der Waals surface area contributed by atoms with Crippen molar-refractivity contribution < 1.29 is 9.90 Å². The predicted octanol–water partition coefficient (Wildman–Crippen LogP) is 2.38. The Kier molecular flexibility index (Phi) is 6.97. The average Bonchev–Trinajstić information content (AvgIpc) is 2.46. The number of carbonyl (C=O) groups is 1. The van der Waals surface area contributed by atoms with Gasteiger partial charge in [0.1, 0.15) is 0 Å². The van der Waals surface area contributed by atoms with Gasteiger partial charge in [-0.2, -0.15) is 0 Å². The molecule has 2 N–H and O–H groups in total. The van der Waals surface area contributed by atoms with Crippen molar-refractivity contribution in [3.05, 3.63) is 35.9 Å². The van der Waals surface area contributed by atoms with Crippen LogP contribution in [0, 0.1) is 0 Å². The Bertz CT molecular complexity index is 364. The monoisotopic (exact) mass is 264 g/mol. The summed E-state index contributed by atoms with van der Waals surface area (Å²) in [6.07, 6.45) is 1.80. The van der Waals surface area contributed by atoms with Crippen LogP contribution in [0.3, 0.4) is 0 Å². The zero-order chi connectivity index (χ0) is 14.1. The minimum absolute atomic E-state index is 0.00471. The molecule has 4 nitrogen and oxygen atoms in total. The van der Waals surface area contributed by atoms with E-state index >= 15 is 0 Å². The van der Waals surface area contributed by atoms with Gasteiger partial charge in [-0.3, -0.25) is 0 Å². The van der Waals surface area contributed by atoms with Crippen molar-refractivity contribution in [2.75, 3.05) is 13.2 Å². The number of rotatable bonds is 7. The highest BCUT2D eigenvalue weighted by molar-refractivity contribution is 5.74. The van der Waals surface area contributed by atoms with Gasteiger partial charge in [0.05, 0.1) is 6.61 Å². The maximum absolute atomic E-state index is 12.2. The number of nitrogens with zero attached hydrogens (tertiary/aromatic N) is 1. The average molecular weight is 264 g/mol. The number of nitrogens with one attached hydrogen (secondary N) is 1. The number of hydrogen-bond donors (Lipinski definition) is 2. The first-order valence-electron chi connectivity index (χ1n) is 6.92. The predicted molar refractivity (Wildman–Crippen MR) is 76.8 cm³/mol. The summed E-state index contributed by atoms with van der Waals surface area (Å²) in [6.45, 7) is 5.01. The largest absolute Gasteiger partial charge is 0.395 e. The molecule has 0 spiro atoms. The molecule has 4 heteroatoms. The summed E-state index contributed by atoms with van der Waals surface area (Å²) in [7, 11) is 0. The molecule has 0 aliphatic carbocycles. The molecule has 0 bridgehead atoms. The van der Waals surface area contributed by atoms with Crippen LogP contribution in [-0.2, 0) is 6.54 Å². The van der Waals surface area contributed by atoms with E-state index in [-0.39, 0.29) is 18.7 Å². The van der Waals surface area contributed by atoms with Gasteiger partial charge >= 0.3 is 6.03 Å². The Labute approximate surface area is 115 Å². The van der Waals surface area contributed by atoms with E-state index in [4.69, 9.17) is 5.11 Å². The van der Waals surface area contributed by atoms with E-state index in [2.05, 4.69) is 19.2 Å². The van der Waals surface area contributed by atoms with Gasteiger partial charge in [-0.1, -0.05) is 44.2 Å². The molecule has 0 saturated carbocycles. The van der Waals surface area contributed by atoms with E-state index in [0.717, 1.165) is 18.4 Å². The van der Waals surface area contributed by atoms with Gasteiger partial charge in [-0.25, -0.2) is 4.79 Å². The summed E-state index contributed by atoms with van der Waals surface area (Å²) in [6, 6.07) is 9.89. The Hall–Kier alpha value is -1.55. The normalized spacial score (nSPS) is 10.5. The van der Waals surface area contributed by atoms with Crippen LogP contribution >= 0.6 is 0 Å². The van der Waals surface area contributed by atoms with Crippen molar-refractivity contribution >= 4 is 6.03 Å². The summed E-state index contributed by atoms with van der Waals surface area (Å²) in [5, 5.41) is 12.0. The van der Waals surface area contributed by atoms with Crippen molar-refractivity contribution in [1.82, 2.24) is 10.2 Å². The molecule has 19 heavy (non-hydrogen) atoms. The molecule has 0 aromatic heterocycles. The van der Waals surface area contributed by atoms with E-state index in [9.17, 15) is 4.79 Å². The quantitative estimate of drug-likeness (QED) is 0.794. The fourth-order valence-electron chi connectivity index (χ4n) is 2.16. The first kappa shape index (κ1) is 15.5. The summed E-state index contributed by atoms with van der Waals surface area (Å²) < 4.78 is 0. The zero-order valence-electron chi connectivity index (χ0n) is 11.8. The molecule has 1 aromatic carbocycles. The molecular formula is C15H24N2O2. The summed E-state index contributed by atoms with van der Waals surface area (Å²) in [5.41, 5.74) is 1.07. The molecule has 2 amide bonds. The highest BCUT2D eigenvalue weighted by Gasteiger charge is 2.19. The van der Waals surface area contributed by atoms with E-state index in [1.165, 1.54) is 0 Å². The van der Waals surface area contributed by atoms with E-state index in [1.807, 2.05) is 30.3 Å². The van der Waals surface area contributed by atoms with E-state index < -0.39 is 0 Å². The Balaban J connectivity index is 2.57. The Morgan fingerprint density at radius 1 is 1.26 bits per heavy atom. The van der Waals surface area contributed by atoms with Crippen molar-refractivity contribution in [2.45, 2.75) is 39.3 Å². The van der Waals surface area contributed by atoms with Crippen LogP contribution in [0.4, 0.5) is 4.79 Å². The van der Waals surface area contributed by atoms with Gasteiger partial charge in [0.2, 0.25) is 0 Å². The smallest absolute Gasteiger partial charge is 0.317 e. The Morgan fingerprint density at radius 3 is 2.42 bits per heavy atom. The van der Waals surface area contributed by atoms with Gasteiger partial charge in [0, 0.05) is 19.1 Å². The number of aliphatic hydroxyl groups is 1. The van der Waals surface area contributed by atoms with Crippen LogP contribution in [0.2, 0.25) is 0 Å². The molecule has 0 radical (unpaired) electrons. The second-order valence-corrected chi connectivity index (χ2v) is 4.53. The maximum Gasteiger partial charge on any atom is 0.317 e. The number of hydrogen-bond acceptors (Lipinski definition) is 2. The zero-order valence-corrected chi connectivity index (χ0v) is 11.8. The highest BCUT2D eigenvalue weighted by Crippen LogP contribution is 2.09. The van der Waals surface area contributed by atoms with Crippen LogP contribution in [-0.4, -0.2) is 35.2 Å². The highest BCUT2D eigenvalue weighted by atomic mass is 16.3. The van der Waals surface area contributed by atoms with Crippen LogP contribution < -0.4 is 5.32 Å². The second kappa shape index (κ2) is 8.53. The number of aliphatic hydroxyl groups excluding tert-OH is 1. The molecule has 0 heterocycles. The third-order valence-electron chi connectivity index (χ3n) is 3.27. The van der Waals surface area contributed by atoms with Crippen molar-refractivity contribution in [1.29, 1.82) is 0 Å². The molecule has 0 saturated heterocycles. The maximum atomic E-state index is 12.2. The molecule has 1 rings (SSSR count). The van der Waals surface area contributed by atoms with Crippen molar-refractivity contribution in [3.8, 4) is 0 Å². The summed E-state index contributed by atoms with van der Waals surface area (Å²) in [5.74, 6) is 0. The van der Waals surface area contributed by atoms with E-state index in [1.54, 1.807) is 4.90 Å². The van der Waals surface area contributed by atoms with Gasteiger partial charge < -0.3 is 15.3 Å². The first-order chi connectivity index (χ1) is 9.22. The lowest BCUT2D eigenvalue weighted by Crippen LogP contribution is -2.46. The number of urea groups is 1. The topological polar surface area (TPSA) is 52.6 Å². The van der Waals surface area contributed by atoms with Gasteiger partial charge in [0.25, 0.3) is 0 Å². The first-order valence-corrected chi connectivity index (χ1v) is 6.92. The summed E-state index contributed by atoms with van der Waals surface area (Å²) >= 11 is 0. The molecule has 0 atom stereocenters. The fraction of sp³-hybridized carbons (Fsp3) is 0.533. The van der Waals surface area contributed by atoms with Gasteiger partial charge in [0.15, 0.2) is 0 Å². The minimum atomic E-state index is -0.105. The standard InChI is InChI=1S/C15H24N2O2/c1-3-14(4-2)17(10-11-18)15(19)16-12-13-8-6-5-7-9-13/h5-9,14,18H,3-4,10-12H2,1-2H3,(H,16,19). The molecule has 106 valence electrons. The van der Waals surface area contributed by atoms with Crippen LogP contribution in [0.5, 0.6) is 0 Å². The van der Waals surface area contributed by atoms with Gasteiger partial charge in [-0.15, -0.1) is 0 Å². The lowest BCUT2D eigenvalue weighted by Gasteiger charge is -2.30. The lowest BCUT2D eigenvalue weighted by atomic mass is 10.1. The molecule has 1 aromatic rings. The minimum Gasteiger partial charge on any atom is -0.395 e. The van der Waals surface area contributed by atoms with Crippen LogP contribution in [0.1, 0.15) is 32.3 Å². The van der Waals surface area contributed by atoms with Crippen LogP contribution in [0.25, 0.3) is 0 Å². The molecule has 0 fully saturated rings. The lowest BCUT2D eigenvalue weighted by molar-refractivity contribution is 0.147. The second-order valence-electron chi connectivity index (χ2n) is 4.53. The molecule has 0 aliphatic rings. The summed E-state index contributed by atoms with van der Waals surface area (Å²) in [4.78, 5) is 13.9. The van der Waals surface area contributed by atoms with Crippen molar-refractivity contribution in [2.24, 2.45) is 0 Å². The molecule has 0 unspecified atom stereocenters. The van der Waals surface area contributed by atoms with Crippen LogP contribution in [0.15, 0.2) is 30.3 Å². The number of amides is 2. The van der Waals surface area contributed by atoms with Gasteiger partial charge in [-0.05, 0) is 18.4 Å². The Morgan fingerprint density at radius 2 is 1.89 bits per heavy atom. The SMILES string of the molecule is CCC(CC)N(CCO)C(=O)NCc1ccccc1. The number of carbonyl (C=O) groups excluding carboxylic acids is 1. The molecule has 0 aliphatic heterocycles. The fourth-order valence-corrected chi connectivity index (χ4v) is 2.16. The van der Waals surface area contributed by atoms with Crippen molar-refractivity contribution in [3.63, 3.8) is 0 Å². The number of benzene rings is 1. The van der Waals surface area contributed by atoms with E-state index in [0.29, 0.717) is 13.1 Å². The molecular weight excluding hydrogens is 240 g/mol. The third kappa shape index (κ3) is 4.91. The third-order valence-corrected chi connectivity index (χ3v) is 3.27.